The molecule has 33 heavy (non-hydrogen) atoms. The molecule has 1 aromatic heterocycles. The molecule has 4 N–H and O–H groups in total. The number of hydrogen-bond donors (Lipinski definition) is 3. The number of nitrogens with one attached hydrogen (secondary N) is 2. The van der Waals surface area contributed by atoms with Crippen molar-refractivity contribution in [1.82, 2.24) is 20.2 Å². The number of fused-ring (bicyclic) bond motifs is 1. The number of aryl methyl sites for hydroxylation is 1. The Balaban J connectivity index is 1.58. The van der Waals surface area contributed by atoms with E-state index >= 15 is 0 Å². The second kappa shape index (κ2) is 11.8. The van der Waals surface area contributed by atoms with Gasteiger partial charge in [-0.15, -0.1) is 0 Å². The first-order valence-corrected chi connectivity index (χ1v) is 12.7. The molecule has 0 spiro atoms. The average Bonchev–Trinajstić information content (AvgIpc) is 3.15. The molecule has 0 saturated carbocycles. The van der Waals surface area contributed by atoms with Crippen LogP contribution in [0.15, 0.2) is 24.3 Å². The van der Waals surface area contributed by atoms with Crippen LogP contribution >= 0.6 is 0 Å². The Morgan fingerprint density at radius 3 is 2.39 bits per heavy atom. The van der Waals surface area contributed by atoms with Gasteiger partial charge in [0.05, 0.1) is 0 Å². The van der Waals surface area contributed by atoms with Gasteiger partial charge in [0.2, 0.25) is 5.95 Å². The molecule has 1 aliphatic rings. The fraction of sp³-hybridized carbons (Fsp3) is 0.630. The highest BCUT2D eigenvalue weighted by Gasteiger charge is 2.19. The van der Waals surface area contributed by atoms with E-state index in [0.717, 1.165) is 76.2 Å². The third-order valence-electron chi connectivity index (χ3n) is 6.40. The third kappa shape index (κ3) is 7.97. The Morgan fingerprint density at radius 2 is 1.76 bits per heavy atom. The van der Waals surface area contributed by atoms with E-state index in [9.17, 15) is 0 Å². The largest absolute Gasteiger partial charge is 0.368 e. The molecular formula is C27H44N6. The second-order valence-corrected chi connectivity index (χ2v) is 10.5. The summed E-state index contributed by atoms with van der Waals surface area (Å²) in [6.45, 7) is 15.2. The molecule has 0 aliphatic carbocycles. The Hall–Kier alpha value is -2.18. The standard InChI is InChI=1S/C27H44N6/c1-6-11-23(14-9-16-29-27(3,4)5)31-25-24(20(2)30-26(28)32-25)15-10-17-33-18-21-12-7-8-13-22(21)19-33/h7-8,12-13,23,29H,6,9-11,14-19H2,1-5H3,(H3,28,30,31,32). The van der Waals surface area contributed by atoms with E-state index in [-0.39, 0.29) is 5.54 Å². The molecule has 182 valence electrons. The zero-order valence-electron chi connectivity index (χ0n) is 21.4. The first kappa shape index (κ1) is 25.4. The van der Waals surface area contributed by atoms with Gasteiger partial charge in [0, 0.05) is 35.9 Å². The summed E-state index contributed by atoms with van der Waals surface area (Å²) < 4.78 is 0. The van der Waals surface area contributed by atoms with Crippen molar-refractivity contribution in [1.29, 1.82) is 0 Å². The lowest BCUT2D eigenvalue weighted by Gasteiger charge is -2.24. The Kier molecular flexibility index (Phi) is 9.10. The molecule has 2 aromatic rings. The SMILES string of the molecule is CCCC(CCCNC(C)(C)C)Nc1nc(N)nc(C)c1CCCN1Cc2ccccc2C1. The summed E-state index contributed by atoms with van der Waals surface area (Å²) >= 11 is 0. The van der Waals surface area contributed by atoms with Gasteiger partial charge in [-0.2, -0.15) is 4.98 Å². The Morgan fingerprint density at radius 1 is 1.06 bits per heavy atom. The van der Waals surface area contributed by atoms with E-state index in [0.29, 0.717) is 12.0 Å². The van der Waals surface area contributed by atoms with Gasteiger partial charge in [-0.25, -0.2) is 4.98 Å². The van der Waals surface area contributed by atoms with E-state index in [1.54, 1.807) is 0 Å². The van der Waals surface area contributed by atoms with E-state index in [4.69, 9.17) is 5.73 Å². The van der Waals surface area contributed by atoms with Gasteiger partial charge in [-0.3, -0.25) is 4.90 Å². The van der Waals surface area contributed by atoms with Crippen LogP contribution in [0.1, 0.15) is 82.2 Å². The summed E-state index contributed by atoms with van der Waals surface area (Å²) in [5.41, 5.74) is 11.4. The van der Waals surface area contributed by atoms with Crippen LogP contribution in [0, 0.1) is 6.92 Å². The number of anilines is 2. The van der Waals surface area contributed by atoms with E-state index in [1.165, 1.54) is 16.7 Å². The van der Waals surface area contributed by atoms with Gasteiger partial charge in [-0.05, 0) is 84.0 Å². The monoisotopic (exact) mass is 452 g/mol. The lowest BCUT2D eigenvalue weighted by atomic mass is 10.0. The third-order valence-corrected chi connectivity index (χ3v) is 6.40. The molecule has 1 aromatic carbocycles. The maximum absolute atomic E-state index is 6.04. The van der Waals surface area contributed by atoms with Crippen molar-refractivity contribution in [2.75, 3.05) is 24.1 Å². The summed E-state index contributed by atoms with van der Waals surface area (Å²) in [5, 5.41) is 7.34. The molecule has 1 atom stereocenters. The van der Waals surface area contributed by atoms with Crippen LogP contribution in [0.4, 0.5) is 11.8 Å². The van der Waals surface area contributed by atoms with Gasteiger partial charge >= 0.3 is 0 Å². The fourth-order valence-electron chi connectivity index (χ4n) is 4.72. The molecule has 1 unspecified atom stereocenters. The first-order valence-electron chi connectivity index (χ1n) is 12.7. The van der Waals surface area contributed by atoms with Crippen LogP contribution in [-0.2, 0) is 19.5 Å². The summed E-state index contributed by atoms with van der Waals surface area (Å²) in [6.07, 6.45) is 6.58. The van der Waals surface area contributed by atoms with Crippen LogP contribution in [0.5, 0.6) is 0 Å². The smallest absolute Gasteiger partial charge is 0.222 e. The molecule has 6 heteroatoms. The molecule has 0 fully saturated rings. The molecule has 6 nitrogen and oxygen atoms in total. The van der Waals surface area contributed by atoms with Gasteiger partial charge < -0.3 is 16.4 Å². The molecule has 1 aliphatic heterocycles. The van der Waals surface area contributed by atoms with E-state index < -0.39 is 0 Å². The van der Waals surface area contributed by atoms with Crippen molar-refractivity contribution < 1.29 is 0 Å². The van der Waals surface area contributed by atoms with E-state index in [1.807, 2.05) is 0 Å². The Labute approximate surface area is 200 Å². The number of nitrogens with two attached hydrogens (primary N) is 1. The van der Waals surface area contributed by atoms with Gasteiger partial charge in [0.25, 0.3) is 0 Å². The van der Waals surface area contributed by atoms with Crippen molar-refractivity contribution in [3.05, 3.63) is 46.6 Å². The predicted molar refractivity (Wildman–Crippen MR) is 139 cm³/mol. The number of aromatic nitrogens is 2. The summed E-state index contributed by atoms with van der Waals surface area (Å²) in [5.74, 6) is 1.30. The summed E-state index contributed by atoms with van der Waals surface area (Å²) in [6, 6.07) is 9.18. The van der Waals surface area contributed by atoms with Crippen LogP contribution in [0.25, 0.3) is 0 Å². The maximum atomic E-state index is 6.04. The summed E-state index contributed by atoms with van der Waals surface area (Å²) in [7, 11) is 0. The van der Waals surface area contributed by atoms with Gasteiger partial charge in [0.15, 0.2) is 0 Å². The van der Waals surface area contributed by atoms with Crippen LogP contribution in [-0.4, -0.2) is 39.5 Å². The minimum Gasteiger partial charge on any atom is -0.368 e. The van der Waals surface area contributed by atoms with Crippen molar-refractivity contribution >= 4 is 11.8 Å². The number of benzene rings is 1. The molecule has 0 radical (unpaired) electrons. The molecule has 2 heterocycles. The molecule has 0 amide bonds. The highest BCUT2D eigenvalue weighted by Crippen LogP contribution is 2.25. The number of nitrogens with zero attached hydrogens (tertiary/aromatic N) is 3. The zero-order chi connectivity index (χ0) is 23.8. The number of hydrogen-bond acceptors (Lipinski definition) is 6. The molecular weight excluding hydrogens is 408 g/mol. The predicted octanol–water partition coefficient (Wildman–Crippen LogP) is 5.06. The fourth-order valence-corrected chi connectivity index (χ4v) is 4.72. The minimum absolute atomic E-state index is 0.162. The molecule has 0 bridgehead atoms. The quantitative estimate of drug-likeness (QED) is 0.391. The first-order chi connectivity index (χ1) is 15.7. The van der Waals surface area contributed by atoms with Crippen molar-refractivity contribution in [2.24, 2.45) is 0 Å². The Bertz CT molecular complexity index is 864. The average molecular weight is 453 g/mol. The van der Waals surface area contributed by atoms with Crippen LogP contribution in [0.2, 0.25) is 0 Å². The zero-order valence-corrected chi connectivity index (χ0v) is 21.4. The molecule has 3 rings (SSSR count). The van der Waals surface area contributed by atoms with Crippen molar-refractivity contribution in [2.45, 2.75) is 97.8 Å². The minimum atomic E-state index is 0.162. The van der Waals surface area contributed by atoms with Crippen molar-refractivity contribution in [3.63, 3.8) is 0 Å². The van der Waals surface area contributed by atoms with Crippen molar-refractivity contribution in [3.8, 4) is 0 Å². The number of rotatable bonds is 12. The number of nitrogen functional groups attached to an aromatic ring is 1. The second-order valence-electron chi connectivity index (χ2n) is 10.5. The van der Waals surface area contributed by atoms with Gasteiger partial charge in [-0.1, -0.05) is 37.6 Å². The van der Waals surface area contributed by atoms with Gasteiger partial charge in [0.1, 0.15) is 5.82 Å². The topological polar surface area (TPSA) is 79.1 Å². The summed E-state index contributed by atoms with van der Waals surface area (Å²) in [4.78, 5) is 11.6. The normalized spacial score (nSPS) is 14.9. The van der Waals surface area contributed by atoms with Crippen LogP contribution in [0.3, 0.4) is 0 Å². The lowest BCUT2D eigenvalue weighted by Crippen LogP contribution is -2.36. The van der Waals surface area contributed by atoms with Crippen LogP contribution < -0.4 is 16.4 Å². The van der Waals surface area contributed by atoms with E-state index in [2.05, 4.69) is 84.4 Å². The molecule has 0 saturated heterocycles. The highest BCUT2D eigenvalue weighted by atomic mass is 15.1. The lowest BCUT2D eigenvalue weighted by molar-refractivity contribution is 0.280. The maximum Gasteiger partial charge on any atom is 0.222 e. The highest BCUT2D eigenvalue weighted by molar-refractivity contribution is 5.50.